The molecule has 2 aliphatic rings. The number of morpholine rings is 1. The summed E-state index contributed by atoms with van der Waals surface area (Å²) in [6.07, 6.45) is 6.57. The van der Waals surface area contributed by atoms with Crippen LogP contribution in [-0.4, -0.2) is 59.7 Å². The summed E-state index contributed by atoms with van der Waals surface area (Å²) in [7, 11) is 1.85. The van der Waals surface area contributed by atoms with Crippen molar-refractivity contribution in [1.82, 2.24) is 14.9 Å². The average molecular weight is 290 g/mol. The van der Waals surface area contributed by atoms with Gasteiger partial charge in [-0.25, -0.2) is 9.97 Å². The van der Waals surface area contributed by atoms with Gasteiger partial charge in [0.05, 0.1) is 5.60 Å². The van der Waals surface area contributed by atoms with E-state index in [-0.39, 0.29) is 18.1 Å². The molecule has 1 amide bonds. The minimum atomic E-state index is -0.178. The second-order valence-electron chi connectivity index (χ2n) is 5.95. The van der Waals surface area contributed by atoms with Gasteiger partial charge in [-0.3, -0.25) is 4.79 Å². The molecule has 114 valence electrons. The highest BCUT2D eigenvalue weighted by molar-refractivity contribution is 5.78. The Kier molecular flexibility index (Phi) is 3.80. The van der Waals surface area contributed by atoms with Gasteiger partial charge in [-0.15, -0.1) is 0 Å². The molecule has 0 unspecified atom stereocenters. The first kappa shape index (κ1) is 14.3. The molecule has 3 heterocycles. The number of hydrogen-bond acceptors (Lipinski definition) is 5. The van der Waals surface area contributed by atoms with Crippen LogP contribution in [0.15, 0.2) is 12.4 Å². The van der Waals surface area contributed by atoms with Crippen LogP contribution in [0.25, 0.3) is 0 Å². The van der Waals surface area contributed by atoms with Crippen LogP contribution in [0.2, 0.25) is 0 Å². The topological polar surface area (TPSA) is 58.6 Å². The Labute approximate surface area is 125 Å². The molecule has 6 nitrogen and oxygen atoms in total. The van der Waals surface area contributed by atoms with Crippen molar-refractivity contribution in [3.05, 3.63) is 18.0 Å². The van der Waals surface area contributed by atoms with E-state index in [1.807, 2.05) is 19.4 Å². The van der Waals surface area contributed by atoms with Gasteiger partial charge in [0.2, 0.25) is 11.9 Å². The van der Waals surface area contributed by atoms with Crippen LogP contribution in [0, 0.1) is 0 Å². The van der Waals surface area contributed by atoms with Gasteiger partial charge in [-0.05, 0) is 24.8 Å². The number of carbonyl (C=O) groups excluding carboxylic acids is 1. The van der Waals surface area contributed by atoms with Crippen LogP contribution in [0.5, 0.6) is 0 Å². The molecule has 0 aromatic carbocycles. The minimum Gasteiger partial charge on any atom is -0.363 e. The summed E-state index contributed by atoms with van der Waals surface area (Å²) < 4.78 is 5.85. The van der Waals surface area contributed by atoms with Crippen molar-refractivity contribution in [2.75, 3.05) is 38.2 Å². The number of aryl methyl sites for hydroxylation is 1. The predicted octanol–water partition coefficient (Wildman–Crippen LogP) is 0.867. The van der Waals surface area contributed by atoms with Gasteiger partial charge in [0.15, 0.2) is 0 Å². The van der Waals surface area contributed by atoms with Crippen LogP contribution >= 0.6 is 0 Å². The Bertz CT molecular complexity index is 509. The molecule has 0 bridgehead atoms. The normalized spacial score (nSPS) is 21.9. The molecule has 2 saturated heterocycles. The van der Waals surface area contributed by atoms with Gasteiger partial charge in [-0.1, -0.05) is 6.92 Å². The third-order valence-corrected chi connectivity index (χ3v) is 4.51. The fourth-order valence-corrected chi connectivity index (χ4v) is 3.00. The van der Waals surface area contributed by atoms with Gasteiger partial charge in [0, 0.05) is 39.1 Å². The number of hydrogen-bond donors (Lipinski definition) is 0. The number of carbonyl (C=O) groups is 1. The Morgan fingerprint density at radius 1 is 1.29 bits per heavy atom. The number of amides is 1. The van der Waals surface area contributed by atoms with Crippen molar-refractivity contribution in [3.63, 3.8) is 0 Å². The summed E-state index contributed by atoms with van der Waals surface area (Å²) in [6, 6.07) is 0. The summed E-state index contributed by atoms with van der Waals surface area (Å²) in [6.45, 7) is 4.73. The fourth-order valence-electron chi connectivity index (χ4n) is 3.00. The molecule has 1 aromatic rings. The van der Waals surface area contributed by atoms with Crippen molar-refractivity contribution >= 4 is 11.9 Å². The minimum absolute atomic E-state index is 0.0709. The van der Waals surface area contributed by atoms with Gasteiger partial charge in [-0.2, -0.15) is 0 Å². The van der Waals surface area contributed by atoms with Gasteiger partial charge in [0.25, 0.3) is 0 Å². The third kappa shape index (κ3) is 2.85. The zero-order chi connectivity index (χ0) is 14.9. The van der Waals surface area contributed by atoms with Crippen LogP contribution in [0.1, 0.15) is 25.3 Å². The van der Waals surface area contributed by atoms with E-state index >= 15 is 0 Å². The van der Waals surface area contributed by atoms with Crippen LogP contribution in [-0.2, 0) is 16.0 Å². The number of aromatic nitrogens is 2. The van der Waals surface area contributed by atoms with Crippen molar-refractivity contribution in [2.24, 2.45) is 0 Å². The molecule has 2 fully saturated rings. The van der Waals surface area contributed by atoms with E-state index in [1.54, 1.807) is 4.90 Å². The fraction of sp³-hybridized carbons (Fsp3) is 0.667. The first-order valence-electron chi connectivity index (χ1n) is 7.56. The van der Waals surface area contributed by atoms with E-state index in [2.05, 4.69) is 21.8 Å². The van der Waals surface area contributed by atoms with Crippen LogP contribution < -0.4 is 4.90 Å². The third-order valence-electron chi connectivity index (χ3n) is 4.51. The monoisotopic (exact) mass is 290 g/mol. The van der Waals surface area contributed by atoms with Crippen molar-refractivity contribution in [1.29, 1.82) is 0 Å². The Balaban J connectivity index is 1.63. The maximum atomic E-state index is 11.5. The smallest absolute Gasteiger partial charge is 0.248 e. The van der Waals surface area contributed by atoms with Crippen LogP contribution in [0.4, 0.5) is 5.95 Å². The molecule has 2 aliphatic heterocycles. The number of ether oxygens (including phenoxy) is 1. The number of piperidine rings is 1. The zero-order valence-electron chi connectivity index (χ0n) is 12.7. The van der Waals surface area contributed by atoms with Crippen molar-refractivity contribution in [2.45, 2.75) is 31.8 Å². The molecule has 6 heteroatoms. The predicted molar refractivity (Wildman–Crippen MR) is 79.2 cm³/mol. The number of rotatable bonds is 2. The highest BCUT2D eigenvalue weighted by Gasteiger charge is 2.41. The lowest BCUT2D eigenvalue weighted by molar-refractivity contribution is -0.164. The summed E-state index contributed by atoms with van der Waals surface area (Å²) >= 11 is 0. The molecule has 0 radical (unpaired) electrons. The Hall–Kier alpha value is -1.69. The SMILES string of the molecule is CCc1cnc(N2CCC3(CC2)CN(C)C(=O)CO3)nc1. The van der Waals surface area contributed by atoms with Crippen molar-refractivity contribution in [3.8, 4) is 0 Å². The summed E-state index contributed by atoms with van der Waals surface area (Å²) in [4.78, 5) is 24.4. The number of nitrogens with zero attached hydrogens (tertiary/aromatic N) is 4. The van der Waals surface area contributed by atoms with E-state index in [1.165, 1.54) is 0 Å². The Morgan fingerprint density at radius 2 is 1.95 bits per heavy atom. The average Bonchev–Trinajstić information content (AvgIpc) is 2.52. The summed E-state index contributed by atoms with van der Waals surface area (Å²) in [5.41, 5.74) is 0.977. The quantitative estimate of drug-likeness (QED) is 0.809. The van der Waals surface area contributed by atoms with Gasteiger partial charge < -0.3 is 14.5 Å². The molecule has 1 spiro atoms. The lowest BCUT2D eigenvalue weighted by Crippen LogP contribution is -2.57. The van der Waals surface area contributed by atoms with Gasteiger partial charge in [0.1, 0.15) is 6.61 Å². The second-order valence-corrected chi connectivity index (χ2v) is 5.95. The molecular weight excluding hydrogens is 268 g/mol. The first-order valence-corrected chi connectivity index (χ1v) is 7.56. The van der Waals surface area contributed by atoms with E-state index in [0.29, 0.717) is 6.54 Å². The molecule has 0 saturated carbocycles. The molecule has 21 heavy (non-hydrogen) atoms. The lowest BCUT2D eigenvalue weighted by atomic mass is 9.89. The molecular formula is C15H22N4O2. The maximum Gasteiger partial charge on any atom is 0.248 e. The molecule has 1 aromatic heterocycles. The number of likely N-dealkylation sites (N-methyl/N-ethyl adjacent to an activating group) is 1. The molecule has 0 aliphatic carbocycles. The van der Waals surface area contributed by atoms with E-state index in [9.17, 15) is 4.79 Å². The molecule has 3 rings (SSSR count). The lowest BCUT2D eigenvalue weighted by Gasteiger charge is -2.46. The molecule has 0 atom stereocenters. The van der Waals surface area contributed by atoms with E-state index in [4.69, 9.17) is 4.74 Å². The summed E-state index contributed by atoms with van der Waals surface area (Å²) in [5.74, 6) is 0.865. The highest BCUT2D eigenvalue weighted by atomic mass is 16.5. The first-order chi connectivity index (χ1) is 10.1. The van der Waals surface area contributed by atoms with Crippen LogP contribution in [0.3, 0.4) is 0 Å². The van der Waals surface area contributed by atoms with E-state index in [0.717, 1.165) is 43.9 Å². The zero-order valence-corrected chi connectivity index (χ0v) is 12.7. The maximum absolute atomic E-state index is 11.5. The molecule has 0 N–H and O–H groups in total. The second kappa shape index (κ2) is 5.60. The highest BCUT2D eigenvalue weighted by Crippen LogP contribution is 2.31. The standard InChI is InChI=1S/C15H22N4O2/c1-3-12-8-16-14(17-9-12)19-6-4-15(5-7-19)11-18(2)13(20)10-21-15/h8-9H,3-7,10-11H2,1-2H3. The summed E-state index contributed by atoms with van der Waals surface area (Å²) in [5, 5.41) is 0. The Morgan fingerprint density at radius 3 is 2.52 bits per heavy atom. The number of anilines is 1. The van der Waals surface area contributed by atoms with Crippen molar-refractivity contribution < 1.29 is 9.53 Å². The van der Waals surface area contributed by atoms with Gasteiger partial charge >= 0.3 is 0 Å². The largest absolute Gasteiger partial charge is 0.363 e. The van der Waals surface area contributed by atoms with E-state index < -0.39 is 0 Å².